The van der Waals surface area contributed by atoms with Crippen LogP contribution in [0.1, 0.15) is 144 Å². The van der Waals surface area contributed by atoms with Crippen molar-refractivity contribution in [1.82, 2.24) is 25.8 Å². The summed E-state index contributed by atoms with van der Waals surface area (Å²) in [7, 11) is 0. The monoisotopic (exact) mass is 1190 g/mol. The van der Waals surface area contributed by atoms with Crippen molar-refractivity contribution in [3.8, 4) is 0 Å². The van der Waals surface area contributed by atoms with Gasteiger partial charge in [-0.1, -0.05) is 69.5 Å². The fraction of sp³-hybridized carbons (Fsp3) is 0.661. The number of piperazine rings is 1. The van der Waals surface area contributed by atoms with Crippen molar-refractivity contribution >= 4 is 70.7 Å². The van der Waals surface area contributed by atoms with Gasteiger partial charge >= 0.3 is 18.2 Å². The number of nitrogens with two attached hydrogens (primary N) is 1. The van der Waals surface area contributed by atoms with Crippen LogP contribution in [0.3, 0.4) is 0 Å². The second-order valence-corrected chi connectivity index (χ2v) is 24.4. The number of hydrogen-bond acceptors (Lipinski definition) is 15. The molecule has 84 heavy (non-hydrogen) atoms. The molecule has 21 nitrogen and oxygen atoms in total. The summed E-state index contributed by atoms with van der Waals surface area (Å²) in [5.74, 6) is -1.16. The van der Waals surface area contributed by atoms with E-state index in [1.54, 1.807) is 38.1 Å². The lowest BCUT2D eigenvalue weighted by atomic mass is 9.85. The molecule has 10 atom stereocenters. The minimum absolute atomic E-state index is 0.0550. The number of Topliss-reactive ketones (excluding diaryl/α,β-unsaturated/α-hetero) is 3. The number of urea groups is 1. The van der Waals surface area contributed by atoms with Gasteiger partial charge in [0.05, 0.1) is 42.3 Å². The highest BCUT2D eigenvalue weighted by Gasteiger charge is 2.51. The molecule has 0 aliphatic carbocycles. The molecule has 0 unspecified atom stereocenters. The number of hydrogen-bond donors (Lipinski definition) is 5. The van der Waals surface area contributed by atoms with Crippen LogP contribution in [0.4, 0.5) is 20.1 Å². The zero-order valence-corrected chi connectivity index (χ0v) is 51.4. The molecule has 22 heteroatoms. The van der Waals surface area contributed by atoms with Crippen LogP contribution in [0.25, 0.3) is 0 Å². The fourth-order valence-electron chi connectivity index (χ4n) is 10.7. The molecule has 4 aliphatic heterocycles. The normalized spacial score (nSPS) is 23.6. The molecule has 0 bridgehead atoms. The Balaban J connectivity index is 0.985. The van der Waals surface area contributed by atoms with Crippen LogP contribution in [-0.2, 0) is 59.1 Å². The summed E-state index contributed by atoms with van der Waals surface area (Å²) in [6, 6.07) is 5.22. The number of carbonyl (C=O) groups is 9. The molecule has 1 aromatic rings. The maximum atomic E-state index is 13.7. The molecule has 5 rings (SSSR count). The van der Waals surface area contributed by atoms with Crippen LogP contribution >= 0.6 is 11.8 Å². The number of rotatable bonds is 32. The molecule has 4 saturated heterocycles. The Morgan fingerprint density at radius 1 is 0.869 bits per heavy atom. The van der Waals surface area contributed by atoms with Gasteiger partial charge in [0.2, 0.25) is 17.7 Å². The van der Waals surface area contributed by atoms with Crippen LogP contribution in [-0.4, -0.2) is 157 Å². The smallest absolute Gasteiger partial charge is 0.410 e. The Labute approximate surface area is 500 Å². The molecule has 4 aliphatic rings. The number of anilines is 1. The van der Waals surface area contributed by atoms with E-state index in [-0.39, 0.29) is 129 Å². The molecule has 4 heterocycles. The summed E-state index contributed by atoms with van der Waals surface area (Å²) in [4.78, 5) is 117. The van der Waals surface area contributed by atoms with E-state index in [4.69, 9.17) is 29.4 Å². The van der Waals surface area contributed by atoms with Gasteiger partial charge in [0, 0.05) is 94.8 Å². The van der Waals surface area contributed by atoms with Crippen LogP contribution in [0.2, 0.25) is 0 Å². The van der Waals surface area contributed by atoms with E-state index in [9.17, 15) is 43.2 Å². The number of allylic oxidation sites excluding steroid dienone is 3. The van der Waals surface area contributed by atoms with Crippen molar-refractivity contribution in [3.05, 3.63) is 65.8 Å². The first kappa shape index (κ1) is 68.7. The zero-order valence-electron chi connectivity index (χ0n) is 50.6. The summed E-state index contributed by atoms with van der Waals surface area (Å²) in [6.45, 7) is 14.8. The number of carbonyl (C=O) groups excluding carboxylic acids is 9. The summed E-state index contributed by atoms with van der Waals surface area (Å²) >= 11 is 1.51. The third-order valence-electron chi connectivity index (χ3n) is 15.7. The van der Waals surface area contributed by atoms with E-state index in [0.717, 1.165) is 57.1 Å². The number of epoxide rings is 1. The highest BCUT2D eigenvalue weighted by molar-refractivity contribution is 7.99. The first-order chi connectivity index (χ1) is 40.0. The molecule has 7 amide bonds. The Hall–Kier alpha value is -6.10. The van der Waals surface area contributed by atoms with E-state index in [0.29, 0.717) is 42.7 Å². The van der Waals surface area contributed by atoms with Crippen LogP contribution < -0.4 is 27.0 Å². The van der Waals surface area contributed by atoms with Crippen molar-refractivity contribution in [2.75, 3.05) is 56.7 Å². The summed E-state index contributed by atoms with van der Waals surface area (Å²) in [6.07, 6.45) is 16.4. The second-order valence-electron chi connectivity index (χ2n) is 23.5. The minimum Gasteiger partial charge on any atom is -0.445 e. The number of unbranched alkanes of at least 4 members (excludes halogenated alkanes) is 3. The largest absolute Gasteiger partial charge is 0.445 e. The van der Waals surface area contributed by atoms with Crippen LogP contribution in [0.5, 0.6) is 0 Å². The quantitative estimate of drug-likeness (QED) is 0.0197. The van der Waals surface area contributed by atoms with E-state index in [2.05, 4.69) is 53.3 Å². The van der Waals surface area contributed by atoms with Gasteiger partial charge in [-0.3, -0.25) is 28.8 Å². The highest BCUT2D eigenvalue weighted by Crippen LogP contribution is 2.43. The standard InChI is InChI=1S/C62H93N7O14S/c1-40(2)56(66-54(73)16-12-10-9-11-15-50(71)38-84-8)53(72)34-48(14-13-27-64-59(63)76)57(75)65-49-23-20-46(21-24-49)37-79-60(77)68-28-30-69(31-29-68)61(78)81-44(6)19-26-55(74)67-58-42(4)32-47(45(7)82-58)22-17-41(3)18-25-51-35-62(39-80-62)36-52(83-51)33-43(5)70/h17-21,23-26,40,42,44-45,47-48,51-52,56,58H,9-16,22,27-39H2,1-8H3,(H,65,75)(H,66,73)(H,67,74)(H3,63,64,76)/b25-18+,26-19-,41-17+/t42-,44-,45+,47+,48+,51+,52+,56-,58+,62+/m0/s1. The van der Waals surface area contributed by atoms with Gasteiger partial charge in [-0.2, -0.15) is 11.8 Å². The number of benzene rings is 1. The van der Waals surface area contributed by atoms with Crippen molar-refractivity contribution in [2.24, 2.45) is 29.4 Å². The van der Waals surface area contributed by atoms with Crippen molar-refractivity contribution < 1.29 is 66.8 Å². The lowest BCUT2D eigenvalue weighted by molar-refractivity contribution is -0.138. The molecule has 0 radical (unpaired) electrons. The minimum atomic E-state index is -0.801. The zero-order chi connectivity index (χ0) is 61.3. The van der Waals surface area contributed by atoms with Crippen LogP contribution in [0, 0.1) is 23.7 Å². The number of nitrogens with zero attached hydrogens (tertiary/aromatic N) is 2. The average molecular weight is 1190 g/mol. The van der Waals surface area contributed by atoms with E-state index in [1.807, 2.05) is 27.0 Å². The predicted octanol–water partition coefficient (Wildman–Crippen LogP) is 8.09. The van der Waals surface area contributed by atoms with Crippen LogP contribution in [0.15, 0.2) is 60.2 Å². The molecule has 0 saturated carbocycles. The van der Waals surface area contributed by atoms with Crippen molar-refractivity contribution in [1.29, 1.82) is 0 Å². The van der Waals surface area contributed by atoms with E-state index in [1.165, 1.54) is 33.7 Å². The maximum Gasteiger partial charge on any atom is 0.410 e. The lowest BCUT2D eigenvalue weighted by Gasteiger charge is -2.39. The third-order valence-corrected chi connectivity index (χ3v) is 16.3. The van der Waals surface area contributed by atoms with Gasteiger partial charge in [0.15, 0.2) is 5.78 Å². The van der Waals surface area contributed by atoms with Gasteiger partial charge in [0.25, 0.3) is 0 Å². The Bertz CT molecular complexity index is 2470. The molecule has 466 valence electrons. The maximum absolute atomic E-state index is 13.7. The van der Waals surface area contributed by atoms with E-state index < -0.39 is 48.4 Å². The molecular formula is C62H93N7O14S. The topological polar surface area (TPSA) is 284 Å². The van der Waals surface area contributed by atoms with E-state index >= 15 is 0 Å². The first-order valence-electron chi connectivity index (χ1n) is 29.9. The molecular weight excluding hydrogens is 1100 g/mol. The number of ether oxygens (including phenoxy) is 5. The molecule has 1 aromatic carbocycles. The number of nitrogens with one attached hydrogen (secondary N) is 4. The molecule has 4 fully saturated rings. The molecule has 0 aromatic heterocycles. The number of thioether (sulfide) groups is 1. The summed E-state index contributed by atoms with van der Waals surface area (Å²) in [5.41, 5.74) is 7.29. The van der Waals surface area contributed by atoms with Gasteiger partial charge in [-0.15, -0.1) is 0 Å². The number of ketones is 3. The van der Waals surface area contributed by atoms with Gasteiger partial charge in [-0.05, 0) is 108 Å². The van der Waals surface area contributed by atoms with Gasteiger partial charge in [-0.25, -0.2) is 14.4 Å². The predicted molar refractivity (Wildman–Crippen MR) is 320 cm³/mol. The Morgan fingerprint density at radius 2 is 1.55 bits per heavy atom. The lowest BCUT2D eigenvalue weighted by Crippen LogP contribution is -2.51. The average Bonchev–Trinajstić information content (AvgIpc) is 2.57. The van der Waals surface area contributed by atoms with Crippen molar-refractivity contribution in [2.45, 2.75) is 187 Å². The van der Waals surface area contributed by atoms with Gasteiger partial charge in [0.1, 0.15) is 30.5 Å². The third kappa shape index (κ3) is 24.5. The van der Waals surface area contributed by atoms with Gasteiger partial charge < -0.3 is 60.5 Å². The number of primary amides is 1. The number of amides is 7. The fourth-order valence-corrected chi connectivity index (χ4v) is 11.2. The first-order valence-corrected chi connectivity index (χ1v) is 31.3. The van der Waals surface area contributed by atoms with Crippen molar-refractivity contribution in [3.63, 3.8) is 0 Å². The SMILES string of the molecule is CSCC(=O)CCCCCCC(=O)N[C@H](C(=O)C[C@@H](CCCNC(N)=O)C(=O)Nc1ccc(COC(=O)N2CCN(C(=O)O[C@@H](C)/C=C\C(=O)N[C@@H]3O[C@H](C)[C@H](C/C=C(C)/C=C/[C@@H]4C[C@]5(CO5)C[C@@H](CC(C)=O)O4)C[C@@H]3C)CC2)cc1)C(C)C. The summed E-state index contributed by atoms with van der Waals surface area (Å²) in [5, 5.41) is 11.2. The molecule has 1 spiro atoms. The molecule has 6 N–H and O–H groups in total. The second kappa shape index (κ2) is 34.8. The highest BCUT2D eigenvalue weighted by atomic mass is 32.2. The Morgan fingerprint density at radius 3 is 2.19 bits per heavy atom. The Kier molecular flexibility index (Phi) is 28.4. The summed E-state index contributed by atoms with van der Waals surface area (Å²) < 4.78 is 29.4.